The van der Waals surface area contributed by atoms with E-state index in [9.17, 15) is 4.39 Å². The molecule has 4 heteroatoms. The fourth-order valence-electron chi connectivity index (χ4n) is 2.14. The molecule has 0 amide bonds. The number of hydrogen-bond acceptors (Lipinski definition) is 1. The lowest BCUT2D eigenvalue weighted by Crippen LogP contribution is -2.34. The summed E-state index contributed by atoms with van der Waals surface area (Å²) in [5.41, 5.74) is 0.348. The van der Waals surface area contributed by atoms with Crippen molar-refractivity contribution in [3.8, 4) is 0 Å². The minimum Gasteiger partial charge on any atom is -0.307 e. The number of hydrogen-bond donors (Lipinski definition) is 1. The lowest BCUT2D eigenvalue weighted by Gasteiger charge is -2.27. The minimum absolute atomic E-state index is 0.205. The second kappa shape index (κ2) is 4.04. The Morgan fingerprint density at radius 1 is 1.53 bits per heavy atom. The zero-order valence-electron chi connectivity index (χ0n) is 8.41. The summed E-state index contributed by atoms with van der Waals surface area (Å²) in [5, 5.41) is 3.89. The van der Waals surface area contributed by atoms with Crippen molar-refractivity contribution in [3.05, 3.63) is 33.0 Å². The zero-order valence-corrected chi connectivity index (χ0v) is 10.8. The molecule has 1 fully saturated rings. The molecular formula is C11H12BrClFN. The Hall–Kier alpha value is -0.120. The number of rotatable bonds is 1. The Bertz CT molecular complexity index is 388. The van der Waals surface area contributed by atoms with Gasteiger partial charge in [-0.2, -0.15) is 0 Å². The molecule has 1 N–H and O–H groups in total. The molecule has 1 aromatic rings. The zero-order chi connectivity index (χ0) is 11.1. The van der Waals surface area contributed by atoms with Crippen LogP contribution in [0.5, 0.6) is 0 Å². The predicted molar refractivity (Wildman–Crippen MR) is 63.7 cm³/mol. The molecule has 1 nitrogen and oxygen atoms in total. The first-order valence-corrected chi connectivity index (χ1v) is 6.11. The van der Waals surface area contributed by atoms with Crippen molar-refractivity contribution in [2.24, 2.45) is 0 Å². The third-order valence-corrected chi connectivity index (χ3v) is 4.33. The number of nitrogens with one attached hydrogen (secondary N) is 1. The fraction of sp³-hybridized carbons (Fsp3) is 0.455. The Morgan fingerprint density at radius 2 is 2.27 bits per heavy atom. The highest BCUT2D eigenvalue weighted by Crippen LogP contribution is 2.39. The molecule has 1 heterocycles. The molecule has 1 aliphatic heterocycles. The Balaban J connectivity index is 2.55. The minimum atomic E-state index is -0.298. The standard InChI is InChI=1S/C11H12BrClFN/c1-11(5-2-6-15-11)9-8(14)4-3-7(13)10(9)12/h3-4,15H,2,5-6H2,1H3. The van der Waals surface area contributed by atoms with E-state index in [0.29, 0.717) is 15.1 Å². The normalized spacial score (nSPS) is 25.9. The van der Waals surface area contributed by atoms with E-state index in [1.165, 1.54) is 6.07 Å². The van der Waals surface area contributed by atoms with E-state index in [1.807, 2.05) is 6.92 Å². The van der Waals surface area contributed by atoms with Gasteiger partial charge in [0.05, 0.1) is 5.02 Å². The molecule has 15 heavy (non-hydrogen) atoms. The van der Waals surface area contributed by atoms with Crippen LogP contribution in [-0.2, 0) is 5.54 Å². The summed E-state index contributed by atoms with van der Waals surface area (Å²) in [7, 11) is 0. The maximum atomic E-state index is 13.8. The first kappa shape index (κ1) is 11.4. The molecular weight excluding hydrogens is 280 g/mol. The van der Waals surface area contributed by atoms with Crippen molar-refractivity contribution < 1.29 is 4.39 Å². The summed E-state index contributed by atoms with van der Waals surface area (Å²) in [6, 6.07) is 3.00. The lowest BCUT2D eigenvalue weighted by molar-refractivity contribution is 0.408. The monoisotopic (exact) mass is 291 g/mol. The highest BCUT2D eigenvalue weighted by atomic mass is 79.9. The maximum absolute atomic E-state index is 13.8. The smallest absolute Gasteiger partial charge is 0.129 e. The van der Waals surface area contributed by atoms with Gasteiger partial charge in [0.15, 0.2) is 0 Å². The Labute approximate surface area is 102 Å². The van der Waals surface area contributed by atoms with Crippen LogP contribution in [0.2, 0.25) is 5.02 Å². The Kier molecular flexibility index (Phi) is 3.06. The van der Waals surface area contributed by atoms with Crippen LogP contribution in [0.4, 0.5) is 4.39 Å². The molecule has 82 valence electrons. The van der Waals surface area contributed by atoms with Crippen LogP contribution in [0.25, 0.3) is 0 Å². The van der Waals surface area contributed by atoms with Gasteiger partial charge in [-0.3, -0.25) is 0 Å². The summed E-state index contributed by atoms with van der Waals surface area (Å²) >= 11 is 9.35. The second-order valence-corrected chi connectivity index (χ2v) is 5.28. The molecule has 1 aliphatic rings. The molecule has 1 atom stereocenters. The van der Waals surface area contributed by atoms with E-state index in [4.69, 9.17) is 11.6 Å². The average Bonchev–Trinajstić information content (AvgIpc) is 2.60. The quantitative estimate of drug-likeness (QED) is 0.776. The molecule has 0 aromatic heterocycles. The molecule has 2 rings (SSSR count). The van der Waals surface area contributed by atoms with Crippen molar-refractivity contribution in [3.63, 3.8) is 0 Å². The SMILES string of the molecule is CC1(c2c(F)ccc(Cl)c2Br)CCCN1. The van der Waals surface area contributed by atoms with Crippen molar-refractivity contribution in [2.75, 3.05) is 6.54 Å². The largest absolute Gasteiger partial charge is 0.307 e. The first-order valence-electron chi connectivity index (χ1n) is 4.93. The van der Waals surface area contributed by atoms with Crippen LogP contribution in [0.15, 0.2) is 16.6 Å². The van der Waals surface area contributed by atoms with E-state index in [1.54, 1.807) is 6.07 Å². The van der Waals surface area contributed by atoms with Crippen molar-refractivity contribution >= 4 is 27.5 Å². The van der Waals surface area contributed by atoms with Gasteiger partial charge in [-0.1, -0.05) is 11.6 Å². The summed E-state index contributed by atoms with van der Waals surface area (Å²) < 4.78 is 14.5. The van der Waals surface area contributed by atoms with Gasteiger partial charge in [0.25, 0.3) is 0 Å². The van der Waals surface area contributed by atoms with E-state index >= 15 is 0 Å². The number of benzene rings is 1. The third kappa shape index (κ3) is 1.93. The number of halogens is 3. The van der Waals surface area contributed by atoms with Gasteiger partial charge in [-0.05, 0) is 54.4 Å². The fourth-order valence-corrected chi connectivity index (χ4v) is 3.06. The van der Waals surface area contributed by atoms with Crippen LogP contribution in [0, 0.1) is 5.82 Å². The van der Waals surface area contributed by atoms with Crippen LogP contribution in [0.1, 0.15) is 25.3 Å². The van der Waals surface area contributed by atoms with Crippen molar-refractivity contribution in [2.45, 2.75) is 25.3 Å². The molecule has 1 unspecified atom stereocenters. The van der Waals surface area contributed by atoms with Crippen molar-refractivity contribution in [1.29, 1.82) is 0 Å². The van der Waals surface area contributed by atoms with Crippen LogP contribution < -0.4 is 5.32 Å². The highest BCUT2D eigenvalue weighted by molar-refractivity contribution is 9.10. The van der Waals surface area contributed by atoms with Gasteiger partial charge in [-0.25, -0.2) is 4.39 Å². The van der Waals surface area contributed by atoms with Crippen LogP contribution in [0.3, 0.4) is 0 Å². The lowest BCUT2D eigenvalue weighted by atomic mass is 9.90. The average molecular weight is 293 g/mol. The van der Waals surface area contributed by atoms with E-state index in [-0.39, 0.29) is 11.4 Å². The summed E-state index contributed by atoms with van der Waals surface area (Å²) in [5.74, 6) is -0.205. The maximum Gasteiger partial charge on any atom is 0.129 e. The predicted octanol–water partition coefficient (Wildman–Crippen LogP) is 3.84. The van der Waals surface area contributed by atoms with Gasteiger partial charge < -0.3 is 5.32 Å². The molecule has 0 bridgehead atoms. The van der Waals surface area contributed by atoms with Gasteiger partial charge in [0.1, 0.15) is 5.82 Å². The molecule has 0 radical (unpaired) electrons. The van der Waals surface area contributed by atoms with Gasteiger partial charge in [0.2, 0.25) is 0 Å². The highest BCUT2D eigenvalue weighted by Gasteiger charge is 2.34. The van der Waals surface area contributed by atoms with E-state index in [0.717, 1.165) is 19.4 Å². The third-order valence-electron chi connectivity index (χ3n) is 2.96. The van der Waals surface area contributed by atoms with E-state index < -0.39 is 0 Å². The topological polar surface area (TPSA) is 12.0 Å². The van der Waals surface area contributed by atoms with Gasteiger partial charge in [-0.15, -0.1) is 0 Å². The first-order chi connectivity index (χ1) is 7.04. The van der Waals surface area contributed by atoms with Crippen LogP contribution in [-0.4, -0.2) is 6.54 Å². The second-order valence-electron chi connectivity index (χ2n) is 4.08. The van der Waals surface area contributed by atoms with Gasteiger partial charge in [0, 0.05) is 15.6 Å². The molecule has 1 aromatic carbocycles. The summed E-state index contributed by atoms with van der Waals surface area (Å²) in [4.78, 5) is 0. The summed E-state index contributed by atoms with van der Waals surface area (Å²) in [6.45, 7) is 2.94. The van der Waals surface area contributed by atoms with Crippen molar-refractivity contribution in [1.82, 2.24) is 5.32 Å². The summed E-state index contributed by atoms with van der Waals surface area (Å²) in [6.07, 6.45) is 2.00. The van der Waals surface area contributed by atoms with Crippen LogP contribution >= 0.6 is 27.5 Å². The molecule has 0 aliphatic carbocycles. The molecule has 0 spiro atoms. The van der Waals surface area contributed by atoms with Gasteiger partial charge >= 0.3 is 0 Å². The molecule has 1 saturated heterocycles. The van der Waals surface area contributed by atoms with E-state index in [2.05, 4.69) is 21.2 Å². The Morgan fingerprint density at radius 3 is 2.87 bits per heavy atom. The molecule has 0 saturated carbocycles.